The van der Waals surface area contributed by atoms with Gasteiger partial charge in [0.1, 0.15) is 5.78 Å². The highest BCUT2D eigenvalue weighted by atomic mass is 16.1. The highest BCUT2D eigenvalue weighted by Gasteiger charge is 2.23. The van der Waals surface area contributed by atoms with Gasteiger partial charge in [-0.05, 0) is 18.1 Å². The number of Topliss-reactive ketones (excluding diaryl/α,β-unsaturated/α-hetero) is 1. The molecule has 0 bridgehead atoms. The van der Waals surface area contributed by atoms with Crippen molar-refractivity contribution in [3.63, 3.8) is 0 Å². The van der Waals surface area contributed by atoms with Gasteiger partial charge in [0, 0.05) is 31.0 Å². The van der Waals surface area contributed by atoms with Crippen LogP contribution in [0.15, 0.2) is 24.3 Å². The van der Waals surface area contributed by atoms with Gasteiger partial charge in [-0.1, -0.05) is 50.8 Å². The van der Waals surface area contributed by atoms with Gasteiger partial charge in [-0.25, -0.2) is 0 Å². The maximum Gasteiger partial charge on any atom is 0.133 e. The first-order valence-corrected chi connectivity index (χ1v) is 7.65. The second-order valence-corrected chi connectivity index (χ2v) is 5.57. The van der Waals surface area contributed by atoms with Crippen molar-refractivity contribution in [2.24, 2.45) is 0 Å². The molecule has 1 aliphatic heterocycles. The van der Waals surface area contributed by atoms with E-state index < -0.39 is 0 Å². The Morgan fingerprint density at radius 1 is 1.21 bits per heavy atom. The smallest absolute Gasteiger partial charge is 0.133 e. The lowest BCUT2D eigenvalue weighted by molar-refractivity contribution is -0.119. The van der Waals surface area contributed by atoms with Crippen molar-refractivity contribution in [1.82, 2.24) is 0 Å². The largest absolute Gasteiger partial charge is 0.384 e. The number of hydrogen-bond acceptors (Lipinski definition) is 2. The number of rotatable bonds is 8. The number of carbonyl (C=O) groups excluding carboxylic acids is 1. The molecule has 0 aliphatic carbocycles. The minimum atomic E-state index is 0.388. The first-order chi connectivity index (χ1) is 9.31. The Hall–Kier alpha value is -1.31. The Balaban J connectivity index is 1.72. The van der Waals surface area contributed by atoms with Crippen LogP contribution in [0.4, 0.5) is 5.69 Å². The van der Waals surface area contributed by atoms with Crippen LogP contribution in [0.1, 0.15) is 63.4 Å². The first-order valence-electron chi connectivity index (χ1n) is 7.65. The van der Waals surface area contributed by atoms with Crippen LogP contribution < -0.4 is 5.32 Å². The van der Waals surface area contributed by atoms with E-state index in [9.17, 15) is 4.79 Å². The van der Waals surface area contributed by atoms with E-state index in [1.165, 1.54) is 36.9 Å². The summed E-state index contributed by atoms with van der Waals surface area (Å²) in [5.74, 6) is 0.819. The molecule has 2 heteroatoms. The molecule has 1 aromatic carbocycles. The Morgan fingerprint density at radius 3 is 2.84 bits per heavy atom. The molecule has 1 unspecified atom stereocenters. The minimum absolute atomic E-state index is 0.388. The van der Waals surface area contributed by atoms with Gasteiger partial charge in [0.25, 0.3) is 0 Å². The Bertz CT molecular complexity index is 413. The zero-order chi connectivity index (χ0) is 13.5. The fourth-order valence-corrected chi connectivity index (χ4v) is 2.84. The van der Waals surface area contributed by atoms with Gasteiger partial charge in [0.05, 0.1) is 0 Å². The van der Waals surface area contributed by atoms with Crippen molar-refractivity contribution in [2.75, 3.05) is 11.9 Å². The summed E-state index contributed by atoms with van der Waals surface area (Å²) in [6, 6.07) is 8.36. The van der Waals surface area contributed by atoms with Crippen molar-refractivity contribution in [1.29, 1.82) is 0 Å². The maximum atomic E-state index is 12.0. The second kappa shape index (κ2) is 7.32. The molecule has 0 amide bonds. The summed E-state index contributed by atoms with van der Waals surface area (Å²) in [6.45, 7) is 3.14. The molecule has 2 nitrogen and oxygen atoms in total. The van der Waals surface area contributed by atoms with Gasteiger partial charge in [-0.2, -0.15) is 0 Å². The number of nitrogens with one attached hydrogen (secondary N) is 1. The van der Waals surface area contributed by atoms with Crippen LogP contribution in [0.2, 0.25) is 0 Å². The van der Waals surface area contributed by atoms with Crippen molar-refractivity contribution < 1.29 is 4.79 Å². The molecule has 0 aromatic heterocycles. The Kier molecular flexibility index (Phi) is 5.44. The van der Waals surface area contributed by atoms with Gasteiger partial charge >= 0.3 is 0 Å². The number of fused-ring (bicyclic) bond motifs is 1. The van der Waals surface area contributed by atoms with E-state index in [4.69, 9.17) is 0 Å². The van der Waals surface area contributed by atoms with E-state index in [1.807, 2.05) is 6.07 Å². The number of carbonyl (C=O) groups is 1. The quantitative estimate of drug-likeness (QED) is 0.696. The summed E-state index contributed by atoms with van der Waals surface area (Å²) >= 11 is 0. The molecule has 0 fully saturated rings. The number of ketones is 1. The van der Waals surface area contributed by atoms with Crippen LogP contribution >= 0.6 is 0 Å². The van der Waals surface area contributed by atoms with Gasteiger partial charge in [-0.3, -0.25) is 4.79 Å². The van der Waals surface area contributed by atoms with Gasteiger partial charge in [0.2, 0.25) is 0 Å². The van der Waals surface area contributed by atoms with E-state index in [1.54, 1.807) is 0 Å². The fraction of sp³-hybridized carbons (Fsp3) is 0.588. The molecule has 0 spiro atoms. The lowest BCUT2D eigenvalue weighted by Crippen LogP contribution is -2.09. The molecule has 1 aliphatic rings. The number of para-hydroxylation sites is 1. The molecule has 0 saturated carbocycles. The summed E-state index contributed by atoms with van der Waals surface area (Å²) in [5, 5.41) is 3.39. The van der Waals surface area contributed by atoms with Crippen LogP contribution in [0, 0.1) is 0 Å². The van der Waals surface area contributed by atoms with E-state index in [-0.39, 0.29) is 0 Å². The van der Waals surface area contributed by atoms with Gasteiger partial charge < -0.3 is 5.32 Å². The zero-order valence-electron chi connectivity index (χ0n) is 12.0. The summed E-state index contributed by atoms with van der Waals surface area (Å²) in [7, 11) is 0. The predicted octanol–water partition coefficient (Wildman–Crippen LogP) is 4.52. The Morgan fingerprint density at radius 2 is 2.00 bits per heavy atom. The van der Waals surface area contributed by atoms with Crippen LogP contribution in [0.5, 0.6) is 0 Å². The standard InChI is InChI=1S/C17H25NO/c1-2-3-4-5-6-9-15(19)12-14-13-18-17-11-8-7-10-16(14)17/h7-8,10-11,14,18H,2-6,9,12-13H2,1H3. The van der Waals surface area contributed by atoms with Crippen molar-refractivity contribution in [3.8, 4) is 0 Å². The lowest BCUT2D eigenvalue weighted by Gasteiger charge is -2.09. The minimum Gasteiger partial charge on any atom is -0.384 e. The molecule has 1 N–H and O–H groups in total. The van der Waals surface area contributed by atoms with Gasteiger partial charge in [-0.15, -0.1) is 0 Å². The van der Waals surface area contributed by atoms with E-state index in [0.717, 1.165) is 19.4 Å². The normalized spacial score (nSPS) is 17.0. The number of unbranched alkanes of at least 4 members (excludes halogenated alkanes) is 4. The molecule has 1 atom stereocenters. The third-order valence-electron chi connectivity index (χ3n) is 3.97. The average Bonchev–Trinajstić information content (AvgIpc) is 2.82. The molecule has 104 valence electrons. The van der Waals surface area contributed by atoms with Crippen LogP contribution in [0.25, 0.3) is 0 Å². The highest BCUT2D eigenvalue weighted by molar-refractivity contribution is 5.80. The molecular weight excluding hydrogens is 234 g/mol. The number of anilines is 1. The fourth-order valence-electron chi connectivity index (χ4n) is 2.84. The first kappa shape index (κ1) is 14.1. The maximum absolute atomic E-state index is 12.0. The van der Waals surface area contributed by atoms with Crippen molar-refractivity contribution in [2.45, 2.75) is 57.8 Å². The monoisotopic (exact) mass is 259 g/mol. The second-order valence-electron chi connectivity index (χ2n) is 5.57. The summed E-state index contributed by atoms with van der Waals surface area (Å²) < 4.78 is 0. The number of hydrogen-bond donors (Lipinski definition) is 1. The average molecular weight is 259 g/mol. The Labute approximate surface area is 116 Å². The van der Waals surface area contributed by atoms with E-state index >= 15 is 0 Å². The summed E-state index contributed by atoms with van der Waals surface area (Å²) in [5.41, 5.74) is 2.53. The third-order valence-corrected chi connectivity index (χ3v) is 3.97. The molecule has 19 heavy (non-hydrogen) atoms. The lowest BCUT2D eigenvalue weighted by atomic mass is 9.94. The van der Waals surface area contributed by atoms with Crippen molar-refractivity contribution in [3.05, 3.63) is 29.8 Å². The molecule has 1 aromatic rings. The topological polar surface area (TPSA) is 29.1 Å². The number of benzene rings is 1. The molecular formula is C17H25NO. The van der Waals surface area contributed by atoms with Crippen molar-refractivity contribution >= 4 is 11.5 Å². The van der Waals surface area contributed by atoms with Crippen LogP contribution in [-0.4, -0.2) is 12.3 Å². The molecule has 2 rings (SSSR count). The summed E-state index contributed by atoms with van der Waals surface area (Å²) in [4.78, 5) is 12.0. The van der Waals surface area contributed by atoms with Gasteiger partial charge in [0.15, 0.2) is 0 Å². The predicted molar refractivity (Wildman–Crippen MR) is 80.7 cm³/mol. The summed E-state index contributed by atoms with van der Waals surface area (Å²) in [6.07, 6.45) is 7.59. The molecule has 0 radical (unpaired) electrons. The zero-order valence-corrected chi connectivity index (χ0v) is 12.0. The van der Waals surface area contributed by atoms with E-state index in [2.05, 4.69) is 30.4 Å². The molecule has 0 saturated heterocycles. The SMILES string of the molecule is CCCCCCCC(=O)CC1CNc2ccccc21. The highest BCUT2D eigenvalue weighted by Crippen LogP contribution is 2.33. The van der Waals surface area contributed by atoms with E-state index in [0.29, 0.717) is 18.1 Å². The van der Waals surface area contributed by atoms with Crippen LogP contribution in [0.3, 0.4) is 0 Å². The van der Waals surface area contributed by atoms with Crippen LogP contribution in [-0.2, 0) is 4.79 Å². The third kappa shape index (κ3) is 4.09. The molecule has 1 heterocycles.